The Balaban J connectivity index is 1.97. The SMILES string of the molecule is O=C1NC(=O)N(c2cccc([N+](=O)[O-])c2)C(=O)C1C1CC1. The molecule has 3 rings (SSSR count). The lowest BCUT2D eigenvalue weighted by Crippen LogP contribution is -2.58. The van der Waals surface area contributed by atoms with E-state index in [0.717, 1.165) is 23.8 Å². The van der Waals surface area contributed by atoms with Crippen molar-refractivity contribution in [2.75, 3.05) is 4.90 Å². The molecule has 0 radical (unpaired) electrons. The van der Waals surface area contributed by atoms with Gasteiger partial charge in [-0.15, -0.1) is 0 Å². The number of nitrogens with one attached hydrogen (secondary N) is 1. The van der Waals surface area contributed by atoms with Crippen LogP contribution in [0.4, 0.5) is 16.2 Å². The van der Waals surface area contributed by atoms with E-state index in [4.69, 9.17) is 0 Å². The Bertz CT molecular complexity index is 668. The number of hydrogen-bond donors (Lipinski definition) is 1. The number of imide groups is 2. The predicted octanol–water partition coefficient (Wildman–Crippen LogP) is 1.20. The van der Waals surface area contributed by atoms with Crippen molar-refractivity contribution < 1.29 is 19.3 Å². The standard InChI is InChI=1S/C13H11N3O5/c17-11-10(7-4-5-7)12(18)15(13(19)14-11)8-2-1-3-9(6-8)16(20)21/h1-3,6-7,10H,4-5H2,(H,14,17,19). The molecule has 1 aromatic carbocycles. The minimum atomic E-state index is -0.887. The van der Waals surface area contributed by atoms with Crippen molar-refractivity contribution in [2.24, 2.45) is 11.8 Å². The van der Waals surface area contributed by atoms with Gasteiger partial charge in [0.05, 0.1) is 10.6 Å². The highest BCUT2D eigenvalue weighted by atomic mass is 16.6. The molecule has 1 aromatic rings. The number of non-ortho nitro benzene ring substituents is 1. The van der Waals surface area contributed by atoms with Crippen molar-refractivity contribution in [3.05, 3.63) is 34.4 Å². The summed E-state index contributed by atoms with van der Waals surface area (Å²) in [5, 5.41) is 12.9. The van der Waals surface area contributed by atoms with Gasteiger partial charge >= 0.3 is 6.03 Å². The number of anilines is 1. The third-order valence-corrected chi connectivity index (χ3v) is 3.59. The van der Waals surface area contributed by atoms with Crippen LogP contribution in [-0.2, 0) is 9.59 Å². The third-order valence-electron chi connectivity index (χ3n) is 3.59. The van der Waals surface area contributed by atoms with Gasteiger partial charge in [-0.1, -0.05) is 6.07 Å². The van der Waals surface area contributed by atoms with E-state index < -0.39 is 28.7 Å². The molecule has 1 N–H and O–H groups in total. The number of barbiturate groups is 1. The molecule has 21 heavy (non-hydrogen) atoms. The number of carbonyl (C=O) groups is 3. The van der Waals surface area contributed by atoms with Gasteiger partial charge in [0, 0.05) is 12.1 Å². The van der Waals surface area contributed by atoms with Crippen LogP contribution in [0.25, 0.3) is 0 Å². The Kier molecular flexibility index (Phi) is 2.93. The van der Waals surface area contributed by atoms with Crippen molar-refractivity contribution >= 4 is 29.2 Å². The highest BCUT2D eigenvalue weighted by molar-refractivity contribution is 6.28. The summed E-state index contributed by atoms with van der Waals surface area (Å²) in [6.45, 7) is 0. The van der Waals surface area contributed by atoms with E-state index in [-0.39, 0.29) is 17.3 Å². The van der Waals surface area contributed by atoms with Gasteiger partial charge in [-0.05, 0) is 24.8 Å². The largest absolute Gasteiger partial charge is 0.335 e. The molecular formula is C13H11N3O5. The zero-order chi connectivity index (χ0) is 15.1. The number of hydrogen-bond acceptors (Lipinski definition) is 5. The summed E-state index contributed by atoms with van der Waals surface area (Å²) in [6.07, 6.45) is 1.53. The van der Waals surface area contributed by atoms with Crippen LogP contribution in [0.5, 0.6) is 0 Å². The molecule has 1 unspecified atom stereocenters. The maximum Gasteiger partial charge on any atom is 0.335 e. The molecule has 1 saturated heterocycles. The van der Waals surface area contributed by atoms with Crippen LogP contribution in [0.15, 0.2) is 24.3 Å². The minimum Gasteiger partial charge on any atom is -0.277 e. The first-order valence-electron chi connectivity index (χ1n) is 6.42. The van der Waals surface area contributed by atoms with Crippen LogP contribution in [-0.4, -0.2) is 22.8 Å². The molecule has 1 heterocycles. The summed E-state index contributed by atoms with van der Waals surface area (Å²) in [5.41, 5.74) is -0.141. The van der Waals surface area contributed by atoms with E-state index in [1.54, 1.807) is 0 Å². The first-order valence-corrected chi connectivity index (χ1v) is 6.42. The number of carbonyl (C=O) groups excluding carboxylic acids is 3. The molecule has 2 aliphatic rings. The molecule has 0 bridgehead atoms. The second kappa shape index (κ2) is 4.65. The first-order chi connectivity index (χ1) is 9.99. The van der Waals surface area contributed by atoms with E-state index in [9.17, 15) is 24.5 Å². The summed E-state index contributed by atoms with van der Waals surface area (Å²) in [4.78, 5) is 47.0. The molecule has 0 aromatic heterocycles. The average Bonchev–Trinajstić information content (AvgIpc) is 3.23. The van der Waals surface area contributed by atoms with Crippen molar-refractivity contribution in [1.82, 2.24) is 5.32 Å². The molecule has 1 atom stereocenters. The summed E-state index contributed by atoms with van der Waals surface area (Å²) < 4.78 is 0. The number of rotatable bonds is 3. The van der Waals surface area contributed by atoms with Gasteiger partial charge in [0.2, 0.25) is 11.8 Å². The molecule has 8 nitrogen and oxygen atoms in total. The van der Waals surface area contributed by atoms with Gasteiger partial charge in [-0.25, -0.2) is 9.69 Å². The molecule has 2 fully saturated rings. The van der Waals surface area contributed by atoms with Gasteiger partial charge in [0.25, 0.3) is 5.69 Å². The lowest BCUT2D eigenvalue weighted by Gasteiger charge is -2.30. The van der Waals surface area contributed by atoms with Crippen LogP contribution in [0, 0.1) is 22.0 Å². The lowest BCUT2D eigenvalue weighted by atomic mass is 9.98. The Morgan fingerprint density at radius 2 is 1.95 bits per heavy atom. The van der Waals surface area contributed by atoms with Crippen molar-refractivity contribution in [1.29, 1.82) is 0 Å². The molecule has 1 aliphatic carbocycles. The van der Waals surface area contributed by atoms with Gasteiger partial charge in [0.15, 0.2) is 0 Å². The normalized spacial score (nSPS) is 22.2. The van der Waals surface area contributed by atoms with Gasteiger partial charge in [-0.2, -0.15) is 0 Å². The smallest absolute Gasteiger partial charge is 0.277 e. The Hall–Kier alpha value is -2.77. The zero-order valence-corrected chi connectivity index (χ0v) is 10.8. The van der Waals surface area contributed by atoms with E-state index in [0.29, 0.717) is 0 Å². The third kappa shape index (κ3) is 2.24. The molecule has 1 aliphatic heterocycles. The number of nitrogens with zero attached hydrogens (tertiary/aromatic N) is 2. The van der Waals surface area contributed by atoms with Crippen molar-refractivity contribution in [3.63, 3.8) is 0 Å². The van der Waals surface area contributed by atoms with E-state index in [1.807, 2.05) is 0 Å². The highest BCUT2D eigenvalue weighted by Crippen LogP contribution is 2.40. The van der Waals surface area contributed by atoms with E-state index >= 15 is 0 Å². The van der Waals surface area contributed by atoms with Crippen LogP contribution in [0.3, 0.4) is 0 Å². The van der Waals surface area contributed by atoms with Crippen LogP contribution in [0.2, 0.25) is 0 Å². The molecule has 8 heteroatoms. The van der Waals surface area contributed by atoms with Crippen molar-refractivity contribution in [3.8, 4) is 0 Å². The van der Waals surface area contributed by atoms with Gasteiger partial charge in [-0.3, -0.25) is 25.0 Å². The average molecular weight is 289 g/mol. The summed E-state index contributed by atoms with van der Waals surface area (Å²) in [6, 6.07) is 4.33. The molecule has 108 valence electrons. The van der Waals surface area contributed by atoms with E-state index in [2.05, 4.69) is 5.32 Å². The first kappa shape index (κ1) is 13.2. The fourth-order valence-corrected chi connectivity index (χ4v) is 2.43. The zero-order valence-electron chi connectivity index (χ0n) is 10.8. The Labute approximate surface area is 118 Å². The summed E-state index contributed by atoms with van der Waals surface area (Å²) >= 11 is 0. The second-order valence-corrected chi connectivity index (χ2v) is 5.06. The highest BCUT2D eigenvalue weighted by Gasteiger charge is 2.49. The van der Waals surface area contributed by atoms with Crippen LogP contribution >= 0.6 is 0 Å². The summed E-state index contributed by atoms with van der Waals surface area (Å²) in [5.74, 6) is -2.14. The number of urea groups is 1. The molecular weight excluding hydrogens is 278 g/mol. The molecule has 4 amide bonds. The monoisotopic (exact) mass is 289 g/mol. The minimum absolute atomic E-state index is 0.0493. The number of nitro groups is 1. The van der Waals surface area contributed by atoms with E-state index in [1.165, 1.54) is 18.2 Å². The number of amides is 4. The van der Waals surface area contributed by atoms with Gasteiger partial charge < -0.3 is 0 Å². The van der Waals surface area contributed by atoms with Crippen molar-refractivity contribution in [2.45, 2.75) is 12.8 Å². The topological polar surface area (TPSA) is 110 Å². The number of nitro benzene ring substituents is 1. The van der Waals surface area contributed by atoms with Gasteiger partial charge in [0.1, 0.15) is 5.92 Å². The quantitative estimate of drug-likeness (QED) is 0.511. The fourth-order valence-electron chi connectivity index (χ4n) is 2.43. The second-order valence-electron chi connectivity index (χ2n) is 5.06. The maximum atomic E-state index is 12.4. The Morgan fingerprint density at radius 1 is 1.24 bits per heavy atom. The lowest BCUT2D eigenvalue weighted by molar-refractivity contribution is -0.384. The predicted molar refractivity (Wildman–Crippen MR) is 70.3 cm³/mol. The Morgan fingerprint density at radius 3 is 2.57 bits per heavy atom. The fraction of sp³-hybridized carbons (Fsp3) is 0.308. The molecule has 0 spiro atoms. The maximum absolute atomic E-state index is 12.4. The summed E-state index contributed by atoms with van der Waals surface area (Å²) in [7, 11) is 0. The van der Waals surface area contributed by atoms with Crippen LogP contribution in [0.1, 0.15) is 12.8 Å². The number of benzene rings is 1. The molecule has 1 saturated carbocycles. The van der Waals surface area contributed by atoms with Crippen LogP contribution < -0.4 is 10.2 Å².